The molecule has 3 N–H and O–H groups in total. The summed E-state index contributed by atoms with van der Waals surface area (Å²) < 4.78 is 17.3. The first-order valence-corrected chi connectivity index (χ1v) is 12.3. The largest absolute Gasteiger partial charge is 0.497 e. The maximum Gasteiger partial charge on any atom is 0.227 e. The van der Waals surface area contributed by atoms with Crippen LogP contribution in [0.2, 0.25) is 0 Å². The zero-order chi connectivity index (χ0) is 24.4. The molecule has 0 radical (unpaired) electrons. The fourth-order valence-electron chi connectivity index (χ4n) is 5.10. The Morgan fingerprint density at radius 2 is 1.94 bits per heavy atom. The predicted molar refractivity (Wildman–Crippen MR) is 129 cm³/mol. The molecule has 2 fully saturated rings. The van der Waals surface area contributed by atoms with Crippen LogP contribution in [0, 0.1) is 5.92 Å². The highest BCUT2D eigenvalue weighted by atomic mass is 16.6. The van der Waals surface area contributed by atoms with Crippen LogP contribution < -0.4 is 20.1 Å². The number of fused-ring (bicyclic) bond motifs is 3. The Morgan fingerprint density at radius 3 is 2.63 bits per heavy atom. The normalized spacial score (nSPS) is 25.0. The number of hydrogen-bond donors (Lipinski definition) is 3. The average Bonchev–Trinajstić information content (AvgIpc) is 3.19. The Morgan fingerprint density at radius 1 is 1.14 bits per heavy atom. The quantitative estimate of drug-likeness (QED) is 0.536. The van der Waals surface area contributed by atoms with Crippen LogP contribution in [0.3, 0.4) is 0 Å². The van der Waals surface area contributed by atoms with E-state index in [9.17, 15) is 14.7 Å². The third-order valence-corrected chi connectivity index (χ3v) is 7.30. The topological polar surface area (TPSA) is 106 Å². The molecule has 8 nitrogen and oxygen atoms in total. The Hall–Kier alpha value is -3.10. The Labute approximate surface area is 205 Å². The van der Waals surface area contributed by atoms with E-state index < -0.39 is 6.10 Å². The van der Waals surface area contributed by atoms with Crippen LogP contribution in [-0.4, -0.2) is 48.9 Å². The molecule has 2 amide bonds. The fourth-order valence-corrected chi connectivity index (χ4v) is 5.10. The third kappa shape index (κ3) is 5.13. The molecule has 2 aliphatic heterocycles. The molecular formula is C27H32N2O6. The number of anilines is 1. The van der Waals surface area contributed by atoms with Gasteiger partial charge in [-0.3, -0.25) is 9.59 Å². The van der Waals surface area contributed by atoms with Crippen LogP contribution >= 0.6 is 0 Å². The van der Waals surface area contributed by atoms with Crippen molar-refractivity contribution in [1.82, 2.24) is 5.32 Å². The van der Waals surface area contributed by atoms with Crippen LogP contribution in [0.15, 0.2) is 42.5 Å². The first-order valence-electron chi connectivity index (χ1n) is 12.3. The molecule has 2 aromatic rings. The lowest BCUT2D eigenvalue weighted by atomic mass is 9.83. The summed E-state index contributed by atoms with van der Waals surface area (Å²) in [5.41, 5.74) is 2.73. The van der Waals surface area contributed by atoms with E-state index in [0.717, 1.165) is 47.6 Å². The van der Waals surface area contributed by atoms with Crippen molar-refractivity contribution in [3.63, 3.8) is 0 Å². The van der Waals surface area contributed by atoms with Crippen LogP contribution in [0.25, 0.3) is 0 Å². The molecule has 0 spiro atoms. The zero-order valence-corrected chi connectivity index (χ0v) is 19.9. The SMILES string of the molecule is COc1ccc(CNC(=O)C[C@@H]2C[C@@H]3c4cc(NC(=O)C5CCC5)ccc4O[C@@H]3[C@H](CO)O2)cc1. The van der Waals surface area contributed by atoms with Crippen molar-refractivity contribution in [2.75, 3.05) is 19.0 Å². The fraction of sp³-hybridized carbons (Fsp3) is 0.481. The number of nitrogens with one attached hydrogen (secondary N) is 2. The molecule has 1 saturated carbocycles. The van der Waals surface area contributed by atoms with Gasteiger partial charge in [0.15, 0.2) is 0 Å². The zero-order valence-electron chi connectivity index (χ0n) is 19.9. The Balaban J connectivity index is 1.22. The number of benzene rings is 2. The minimum absolute atomic E-state index is 0.0177. The first kappa shape index (κ1) is 23.6. The second kappa shape index (κ2) is 10.3. The summed E-state index contributed by atoms with van der Waals surface area (Å²) >= 11 is 0. The van der Waals surface area contributed by atoms with Gasteiger partial charge in [-0.1, -0.05) is 18.6 Å². The highest BCUT2D eigenvalue weighted by molar-refractivity contribution is 5.93. The molecule has 3 aliphatic rings. The standard InChI is InChI=1S/C27H32N2O6/c1-33-19-8-5-16(6-9-19)14-28-25(31)13-20-12-22-21-11-18(29-27(32)17-3-2-4-17)7-10-23(21)35-26(22)24(15-30)34-20/h5-11,17,20,22,24,26,30H,2-4,12-15H2,1H3,(H,28,31)(H,29,32)/t20-,22+,24-,26-/m0/s1. The number of amides is 2. The maximum atomic E-state index is 12.7. The molecule has 0 aromatic heterocycles. The van der Waals surface area contributed by atoms with E-state index in [1.54, 1.807) is 7.11 Å². The van der Waals surface area contributed by atoms with E-state index >= 15 is 0 Å². The summed E-state index contributed by atoms with van der Waals surface area (Å²) in [5, 5.41) is 15.9. The van der Waals surface area contributed by atoms with Crippen LogP contribution in [0.4, 0.5) is 5.69 Å². The van der Waals surface area contributed by atoms with Crippen molar-refractivity contribution in [3.8, 4) is 11.5 Å². The van der Waals surface area contributed by atoms with Crippen LogP contribution in [-0.2, 0) is 20.9 Å². The van der Waals surface area contributed by atoms with Crippen molar-refractivity contribution < 1.29 is 28.9 Å². The summed E-state index contributed by atoms with van der Waals surface area (Å²) in [4.78, 5) is 25.1. The highest BCUT2D eigenvalue weighted by Gasteiger charge is 2.46. The van der Waals surface area contributed by atoms with Gasteiger partial charge in [0, 0.05) is 29.6 Å². The summed E-state index contributed by atoms with van der Waals surface area (Å²) in [6.07, 6.45) is 2.63. The molecule has 5 rings (SSSR count). The number of carbonyl (C=O) groups excluding carboxylic acids is 2. The van der Waals surface area contributed by atoms with E-state index in [0.29, 0.717) is 13.0 Å². The van der Waals surface area contributed by atoms with Gasteiger partial charge in [0.2, 0.25) is 11.8 Å². The number of aliphatic hydroxyl groups excluding tert-OH is 1. The molecule has 186 valence electrons. The molecule has 0 bridgehead atoms. The predicted octanol–water partition coefficient (Wildman–Crippen LogP) is 3.13. The van der Waals surface area contributed by atoms with Gasteiger partial charge in [-0.2, -0.15) is 0 Å². The van der Waals surface area contributed by atoms with Gasteiger partial charge in [0.05, 0.1) is 26.2 Å². The molecule has 35 heavy (non-hydrogen) atoms. The van der Waals surface area contributed by atoms with Crippen molar-refractivity contribution in [2.45, 2.75) is 62.9 Å². The summed E-state index contributed by atoms with van der Waals surface area (Å²) in [7, 11) is 1.62. The van der Waals surface area contributed by atoms with Crippen molar-refractivity contribution in [1.29, 1.82) is 0 Å². The maximum absolute atomic E-state index is 12.7. The number of ether oxygens (including phenoxy) is 3. The van der Waals surface area contributed by atoms with Gasteiger partial charge < -0.3 is 30.0 Å². The number of carbonyl (C=O) groups is 2. The molecule has 1 aliphatic carbocycles. The minimum Gasteiger partial charge on any atom is -0.497 e. The minimum atomic E-state index is -0.520. The van der Waals surface area contributed by atoms with Gasteiger partial charge in [0.1, 0.15) is 23.7 Å². The van der Waals surface area contributed by atoms with Gasteiger partial charge in [-0.15, -0.1) is 0 Å². The number of aliphatic hydroxyl groups is 1. The third-order valence-electron chi connectivity index (χ3n) is 7.30. The Kier molecular flexibility index (Phi) is 6.92. The van der Waals surface area contributed by atoms with E-state index in [2.05, 4.69) is 10.6 Å². The van der Waals surface area contributed by atoms with E-state index in [-0.39, 0.29) is 48.9 Å². The smallest absolute Gasteiger partial charge is 0.227 e. The molecule has 2 heterocycles. The lowest BCUT2D eigenvalue weighted by Crippen LogP contribution is -2.47. The first-order chi connectivity index (χ1) is 17.0. The van der Waals surface area contributed by atoms with Gasteiger partial charge in [-0.25, -0.2) is 0 Å². The van der Waals surface area contributed by atoms with Crippen molar-refractivity contribution >= 4 is 17.5 Å². The van der Waals surface area contributed by atoms with Gasteiger partial charge in [0.25, 0.3) is 0 Å². The summed E-state index contributed by atoms with van der Waals surface area (Å²) in [5.74, 6) is 1.56. The molecular weight excluding hydrogens is 448 g/mol. The lowest BCUT2D eigenvalue weighted by molar-refractivity contribution is -0.142. The van der Waals surface area contributed by atoms with Crippen LogP contribution in [0.5, 0.6) is 11.5 Å². The number of hydrogen-bond acceptors (Lipinski definition) is 6. The second-order valence-corrected chi connectivity index (χ2v) is 9.60. The molecule has 8 heteroatoms. The second-order valence-electron chi connectivity index (χ2n) is 9.60. The Bertz CT molecular complexity index is 1070. The van der Waals surface area contributed by atoms with Crippen molar-refractivity contribution in [2.24, 2.45) is 5.92 Å². The molecule has 4 atom stereocenters. The number of methoxy groups -OCH3 is 1. The van der Waals surface area contributed by atoms with E-state index in [1.807, 2.05) is 42.5 Å². The average molecular weight is 481 g/mol. The van der Waals surface area contributed by atoms with Crippen molar-refractivity contribution in [3.05, 3.63) is 53.6 Å². The monoisotopic (exact) mass is 480 g/mol. The summed E-state index contributed by atoms with van der Waals surface area (Å²) in [6.45, 7) is 0.228. The lowest BCUT2D eigenvalue weighted by Gasteiger charge is -2.37. The van der Waals surface area contributed by atoms with Gasteiger partial charge >= 0.3 is 0 Å². The van der Waals surface area contributed by atoms with E-state index in [1.165, 1.54) is 0 Å². The highest BCUT2D eigenvalue weighted by Crippen LogP contribution is 2.47. The molecule has 1 saturated heterocycles. The number of rotatable bonds is 8. The molecule has 0 unspecified atom stereocenters. The summed E-state index contributed by atoms with van der Waals surface area (Å²) in [6, 6.07) is 13.2. The van der Waals surface area contributed by atoms with Gasteiger partial charge in [-0.05, 0) is 55.2 Å². The van der Waals surface area contributed by atoms with E-state index in [4.69, 9.17) is 14.2 Å². The molecule has 2 aromatic carbocycles. The van der Waals surface area contributed by atoms with Crippen LogP contribution in [0.1, 0.15) is 49.1 Å².